The van der Waals surface area contributed by atoms with E-state index in [0.29, 0.717) is 35.4 Å². The van der Waals surface area contributed by atoms with Crippen molar-refractivity contribution in [3.63, 3.8) is 0 Å². The molecule has 0 atom stereocenters. The number of piperidine rings is 1. The van der Waals surface area contributed by atoms with Crippen LogP contribution in [0.5, 0.6) is 0 Å². The Balaban J connectivity index is 1.68. The van der Waals surface area contributed by atoms with Crippen LogP contribution in [0.1, 0.15) is 64.8 Å². The summed E-state index contributed by atoms with van der Waals surface area (Å²) in [5.41, 5.74) is 6.87. The molecular formula is C30H35N5O3S. The number of fused-ring (bicyclic) bond motifs is 1. The molecule has 39 heavy (non-hydrogen) atoms. The zero-order chi connectivity index (χ0) is 27.9. The highest BCUT2D eigenvalue weighted by Crippen LogP contribution is 2.34. The topological polar surface area (TPSA) is 96.7 Å². The number of carbonyl (C=O) groups excluding carboxylic acids is 1. The number of nitrogens with one attached hydrogen (secondary N) is 1. The van der Waals surface area contributed by atoms with E-state index in [1.54, 1.807) is 27.9 Å². The molecule has 1 saturated heterocycles. The van der Waals surface area contributed by atoms with Crippen molar-refractivity contribution in [1.29, 1.82) is 0 Å². The first-order valence-electron chi connectivity index (χ1n) is 13.5. The van der Waals surface area contributed by atoms with Gasteiger partial charge in [0.05, 0.1) is 10.5 Å². The standard InChI is InChI=1S/C30H35N5O3S/c1-6-23-12-10-11-20(3)27(23)32-30(36)28-26(29-31-21(4)17-22(5)35(29)33-28)24-14-13-19(2)25(18-24)39(37,38)34-15-8-7-9-16-34/h10-14,17-18H,6-9,15-16H2,1-5H3,(H,32,36). The summed E-state index contributed by atoms with van der Waals surface area (Å²) in [4.78, 5) is 18.8. The van der Waals surface area contributed by atoms with E-state index in [-0.39, 0.29) is 16.5 Å². The number of hydrogen-bond acceptors (Lipinski definition) is 5. The normalized spacial score (nSPS) is 14.6. The van der Waals surface area contributed by atoms with Crippen LogP contribution >= 0.6 is 0 Å². The maximum absolute atomic E-state index is 13.8. The van der Waals surface area contributed by atoms with Gasteiger partial charge in [0.25, 0.3) is 5.91 Å². The van der Waals surface area contributed by atoms with E-state index in [9.17, 15) is 13.2 Å². The van der Waals surface area contributed by atoms with Crippen LogP contribution in [0.3, 0.4) is 0 Å². The van der Waals surface area contributed by atoms with Gasteiger partial charge in [0.2, 0.25) is 10.0 Å². The van der Waals surface area contributed by atoms with E-state index in [4.69, 9.17) is 10.1 Å². The second-order valence-corrected chi connectivity index (χ2v) is 12.3. The van der Waals surface area contributed by atoms with Crippen molar-refractivity contribution in [1.82, 2.24) is 18.9 Å². The first-order valence-corrected chi connectivity index (χ1v) is 14.9. The molecule has 1 fully saturated rings. The van der Waals surface area contributed by atoms with Crippen LogP contribution in [-0.2, 0) is 16.4 Å². The molecule has 9 heteroatoms. The Labute approximate surface area is 230 Å². The molecule has 1 aliphatic heterocycles. The summed E-state index contributed by atoms with van der Waals surface area (Å²) in [6, 6.07) is 13.2. The highest BCUT2D eigenvalue weighted by atomic mass is 32.2. The SMILES string of the molecule is CCc1cccc(C)c1NC(=O)c1nn2c(C)cc(C)nc2c1-c1ccc(C)c(S(=O)(=O)N2CCCCC2)c1. The largest absolute Gasteiger partial charge is 0.320 e. The number of anilines is 1. The van der Waals surface area contributed by atoms with E-state index in [1.165, 1.54) is 0 Å². The summed E-state index contributed by atoms with van der Waals surface area (Å²) in [6.07, 6.45) is 3.52. The smallest absolute Gasteiger partial charge is 0.276 e. The molecule has 204 valence electrons. The molecule has 1 amide bonds. The van der Waals surface area contributed by atoms with Gasteiger partial charge >= 0.3 is 0 Å². The lowest BCUT2D eigenvalue weighted by molar-refractivity contribution is 0.102. The predicted molar refractivity (Wildman–Crippen MR) is 154 cm³/mol. The van der Waals surface area contributed by atoms with Crippen LogP contribution in [0.15, 0.2) is 47.4 Å². The third kappa shape index (κ3) is 4.96. The summed E-state index contributed by atoms with van der Waals surface area (Å²) in [5, 5.41) is 7.79. The first kappa shape index (κ1) is 27.0. The minimum atomic E-state index is -3.69. The Hall–Kier alpha value is -3.56. The van der Waals surface area contributed by atoms with Crippen molar-refractivity contribution < 1.29 is 13.2 Å². The van der Waals surface area contributed by atoms with Crippen molar-refractivity contribution in [3.8, 4) is 11.1 Å². The fourth-order valence-electron chi connectivity index (χ4n) is 5.40. The van der Waals surface area contributed by atoms with Crippen LogP contribution in [0.25, 0.3) is 16.8 Å². The number of amides is 1. The number of aryl methyl sites for hydroxylation is 5. The van der Waals surface area contributed by atoms with E-state index in [1.807, 2.05) is 58.0 Å². The van der Waals surface area contributed by atoms with Crippen LogP contribution in [0.2, 0.25) is 0 Å². The third-order valence-corrected chi connectivity index (χ3v) is 9.54. The molecule has 1 aliphatic rings. The van der Waals surface area contributed by atoms with Gasteiger partial charge in [-0.15, -0.1) is 0 Å². The molecule has 2 aromatic heterocycles. The first-order chi connectivity index (χ1) is 18.6. The second kappa shape index (κ2) is 10.5. The monoisotopic (exact) mass is 545 g/mol. The Morgan fingerprint density at radius 2 is 1.72 bits per heavy atom. The quantitative estimate of drug-likeness (QED) is 0.339. The Morgan fingerprint density at radius 3 is 2.44 bits per heavy atom. The minimum Gasteiger partial charge on any atom is -0.320 e. The number of aromatic nitrogens is 3. The van der Waals surface area contributed by atoms with Gasteiger partial charge in [-0.1, -0.05) is 43.7 Å². The lowest BCUT2D eigenvalue weighted by Crippen LogP contribution is -2.35. The number of benzene rings is 2. The van der Waals surface area contributed by atoms with Crippen molar-refractivity contribution in [2.75, 3.05) is 18.4 Å². The van der Waals surface area contributed by atoms with E-state index in [0.717, 1.165) is 53.9 Å². The van der Waals surface area contributed by atoms with Crippen molar-refractivity contribution >= 4 is 27.3 Å². The molecule has 3 heterocycles. The molecule has 0 saturated carbocycles. The third-order valence-electron chi connectivity index (χ3n) is 7.50. The Kier molecular flexibility index (Phi) is 7.31. The van der Waals surface area contributed by atoms with E-state index < -0.39 is 10.0 Å². The number of carbonyl (C=O) groups is 1. The summed E-state index contributed by atoms with van der Waals surface area (Å²) in [5.74, 6) is -0.363. The van der Waals surface area contributed by atoms with Gasteiger partial charge in [-0.3, -0.25) is 4.79 Å². The van der Waals surface area contributed by atoms with Gasteiger partial charge in [0.15, 0.2) is 11.3 Å². The number of hydrogen-bond donors (Lipinski definition) is 1. The zero-order valence-electron chi connectivity index (χ0n) is 23.2. The Morgan fingerprint density at radius 1 is 0.974 bits per heavy atom. The molecule has 0 unspecified atom stereocenters. The van der Waals surface area contributed by atoms with Crippen molar-refractivity contribution in [3.05, 3.63) is 76.2 Å². The van der Waals surface area contributed by atoms with Crippen LogP contribution in [0.4, 0.5) is 5.69 Å². The lowest BCUT2D eigenvalue weighted by atomic mass is 10.0. The van der Waals surface area contributed by atoms with Crippen LogP contribution < -0.4 is 5.32 Å². The maximum atomic E-state index is 13.8. The van der Waals surface area contributed by atoms with Gasteiger partial charge in [-0.2, -0.15) is 9.40 Å². The molecule has 2 aromatic carbocycles. The molecule has 1 N–H and O–H groups in total. The van der Waals surface area contributed by atoms with Gasteiger partial charge in [-0.25, -0.2) is 17.9 Å². The highest BCUT2D eigenvalue weighted by Gasteiger charge is 2.30. The minimum absolute atomic E-state index is 0.201. The van der Waals surface area contributed by atoms with Crippen molar-refractivity contribution in [2.45, 2.75) is 65.2 Å². The maximum Gasteiger partial charge on any atom is 0.276 e. The second-order valence-electron chi connectivity index (χ2n) is 10.4. The molecule has 4 aromatic rings. The number of nitrogens with zero attached hydrogens (tertiary/aromatic N) is 4. The fourth-order valence-corrected chi connectivity index (χ4v) is 7.17. The van der Waals surface area contributed by atoms with E-state index in [2.05, 4.69) is 5.32 Å². The van der Waals surface area contributed by atoms with Gasteiger partial charge in [-0.05, 0) is 81.3 Å². The molecule has 0 aliphatic carbocycles. The van der Waals surface area contributed by atoms with Gasteiger partial charge in [0, 0.05) is 30.2 Å². The molecule has 8 nitrogen and oxygen atoms in total. The molecule has 5 rings (SSSR count). The molecular weight excluding hydrogens is 510 g/mol. The van der Waals surface area contributed by atoms with Crippen LogP contribution in [-0.4, -0.2) is 46.3 Å². The predicted octanol–water partition coefficient (Wildman–Crippen LogP) is 5.62. The Bertz CT molecular complexity index is 1680. The molecule has 0 radical (unpaired) electrons. The van der Waals surface area contributed by atoms with Gasteiger partial charge in [0.1, 0.15) is 0 Å². The number of rotatable bonds is 6. The lowest BCUT2D eigenvalue weighted by Gasteiger charge is -2.26. The summed E-state index contributed by atoms with van der Waals surface area (Å²) < 4.78 is 30.6. The average Bonchev–Trinajstić information content (AvgIpc) is 3.30. The van der Waals surface area contributed by atoms with Crippen LogP contribution in [0, 0.1) is 27.7 Å². The van der Waals surface area contributed by atoms with Gasteiger partial charge < -0.3 is 5.32 Å². The molecule has 0 spiro atoms. The summed E-state index contributed by atoms with van der Waals surface area (Å²) in [7, 11) is -3.69. The molecule has 0 bridgehead atoms. The number of sulfonamides is 1. The summed E-state index contributed by atoms with van der Waals surface area (Å²) in [6.45, 7) is 10.7. The average molecular weight is 546 g/mol. The van der Waals surface area contributed by atoms with Crippen molar-refractivity contribution in [2.24, 2.45) is 0 Å². The number of para-hydroxylation sites is 1. The zero-order valence-corrected chi connectivity index (χ0v) is 24.0. The summed E-state index contributed by atoms with van der Waals surface area (Å²) >= 11 is 0. The van der Waals surface area contributed by atoms with E-state index >= 15 is 0 Å². The highest BCUT2D eigenvalue weighted by molar-refractivity contribution is 7.89. The fraction of sp³-hybridized carbons (Fsp3) is 0.367.